The number of esters is 1. The van der Waals surface area contributed by atoms with E-state index in [1.54, 1.807) is 37.4 Å². The van der Waals surface area contributed by atoms with Crippen LogP contribution in [0.1, 0.15) is 29.8 Å². The van der Waals surface area contributed by atoms with E-state index in [0.717, 1.165) is 16.2 Å². The van der Waals surface area contributed by atoms with Gasteiger partial charge in [-0.3, -0.25) is 14.5 Å². The van der Waals surface area contributed by atoms with Crippen molar-refractivity contribution in [2.45, 2.75) is 19.4 Å². The number of imide groups is 1. The van der Waals surface area contributed by atoms with Crippen LogP contribution in [0, 0.1) is 0 Å². The van der Waals surface area contributed by atoms with Gasteiger partial charge < -0.3 is 24.8 Å². The first kappa shape index (κ1) is 23.1. The summed E-state index contributed by atoms with van der Waals surface area (Å²) in [5.74, 6) is -0.922. The van der Waals surface area contributed by atoms with Gasteiger partial charge in [-0.05, 0) is 43.0 Å². The normalized spacial score (nSPS) is 17.7. The highest BCUT2D eigenvalue weighted by atomic mass is 32.1. The predicted octanol–water partition coefficient (Wildman–Crippen LogP) is 2.35. The van der Waals surface area contributed by atoms with Gasteiger partial charge in [0.1, 0.15) is 17.1 Å². The van der Waals surface area contributed by atoms with Gasteiger partial charge >= 0.3 is 12.0 Å². The molecule has 1 aliphatic rings. The minimum atomic E-state index is -1.39. The van der Waals surface area contributed by atoms with E-state index < -0.39 is 35.9 Å². The summed E-state index contributed by atoms with van der Waals surface area (Å²) in [5, 5.41) is 7.11. The van der Waals surface area contributed by atoms with Crippen LogP contribution < -0.4 is 20.1 Å². The van der Waals surface area contributed by atoms with E-state index in [9.17, 15) is 19.2 Å². The molecular formula is C21H23N3O7S. The lowest BCUT2D eigenvalue weighted by molar-refractivity contribution is -0.133. The highest BCUT2D eigenvalue weighted by Gasteiger charge is 2.49. The van der Waals surface area contributed by atoms with Crippen LogP contribution in [-0.4, -0.2) is 56.1 Å². The minimum absolute atomic E-state index is 0.194. The molecule has 0 spiro atoms. The van der Waals surface area contributed by atoms with Crippen molar-refractivity contribution < 1.29 is 33.4 Å². The summed E-state index contributed by atoms with van der Waals surface area (Å²) in [6.07, 6.45) is 0. The Balaban J connectivity index is 1.76. The Morgan fingerprint density at radius 3 is 2.53 bits per heavy atom. The van der Waals surface area contributed by atoms with Crippen molar-refractivity contribution in [2.24, 2.45) is 0 Å². The van der Waals surface area contributed by atoms with Gasteiger partial charge in [0.25, 0.3) is 5.91 Å². The van der Waals surface area contributed by atoms with Gasteiger partial charge in [0.15, 0.2) is 11.5 Å². The van der Waals surface area contributed by atoms with Gasteiger partial charge in [-0.25, -0.2) is 9.59 Å². The zero-order valence-electron chi connectivity index (χ0n) is 18.0. The van der Waals surface area contributed by atoms with Crippen LogP contribution in [0.3, 0.4) is 0 Å². The summed E-state index contributed by atoms with van der Waals surface area (Å²) in [6.45, 7) is 2.90. The number of urea groups is 1. The van der Waals surface area contributed by atoms with Crippen LogP contribution in [0.25, 0.3) is 0 Å². The summed E-state index contributed by atoms with van der Waals surface area (Å²) in [5.41, 5.74) is -0.715. The molecule has 32 heavy (non-hydrogen) atoms. The van der Waals surface area contributed by atoms with E-state index in [4.69, 9.17) is 14.2 Å². The molecule has 10 nitrogen and oxygen atoms in total. The topological polar surface area (TPSA) is 123 Å². The molecule has 170 valence electrons. The number of nitrogens with zero attached hydrogens (tertiary/aromatic N) is 1. The van der Waals surface area contributed by atoms with Crippen LogP contribution in [0.15, 0.2) is 29.6 Å². The van der Waals surface area contributed by atoms with Crippen LogP contribution in [0.5, 0.6) is 11.5 Å². The van der Waals surface area contributed by atoms with E-state index in [2.05, 4.69) is 10.6 Å². The molecule has 4 amide bonds. The second-order valence-corrected chi connectivity index (χ2v) is 7.86. The monoisotopic (exact) mass is 461 g/mol. The second kappa shape index (κ2) is 9.27. The fourth-order valence-corrected chi connectivity index (χ4v) is 4.06. The third-order valence-electron chi connectivity index (χ3n) is 4.95. The first-order chi connectivity index (χ1) is 15.2. The highest BCUT2D eigenvalue weighted by Crippen LogP contribution is 2.35. The Kier molecular flexibility index (Phi) is 6.68. The number of methoxy groups -OCH3 is 2. The number of hydrogen-bond acceptors (Lipinski definition) is 8. The molecule has 1 aromatic carbocycles. The molecule has 1 aromatic heterocycles. The van der Waals surface area contributed by atoms with E-state index in [1.807, 2.05) is 0 Å². The third-order valence-corrected chi connectivity index (χ3v) is 5.78. The molecule has 0 aliphatic carbocycles. The molecule has 0 bridgehead atoms. The number of ether oxygens (including phenoxy) is 3. The molecule has 2 aromatic rings. The summed E-state index contributed by atoms with van der Waals surface area (Å²) in [4.78, 5) is 51.0. The standard InChI is InChI=1S/C21H23N3O7S/c1-5-31-18(26)13-8-9-32-17(13)22-16(25)11-24-19(27)21(2,23-20(24)28)12-6-7-14(29-3)15(10-12)30-4/h6-10H,5,11H2,1-4H3,(H,22,25)(H,23,28)/t21-/m1/s1. The molecule has 0 saturated carbocycles. The van der Waals surface area contributed by atoms with Crippen molar-refractivity contribution >= 4 is 40.2 Å². The first-order valence-electron chi connectivity index (χ1n) is 9.66. The number of carbonyl (C=O) groups excluding carboxylic acids is 4. The van der Waals surface area contributed by atoms with E-state index in [-0.39, 0.29) is 17.2 Å². The van der Waals surface area contributed by atoms with Crippen LogP contribution in [0.4, 0.5) is 9.80 Å². The smallest absolute Gasteiger partial charge is 0.341 e. The molecule has 1 aliphatic heterocycles. The molecule has 11 heteroatoms. The van der Waals surface area contributed by atoms with Crippen molar-refractivity contribution in [1.82, 2.24) is 10.2 Å². The van der Waals surface area contributed by atoms with Crippen LogP contribution in [-0.2, 0) is 19.9 Å². The SMILES string of the molecule is CCOC(=O)c1ccsc1NC(=O)CN1C(=O)N[C@](C)(c2ccc(OC)c(OC)c2)C1=O. The Morgan fingerprint density at radius 1 is 1.16 bits per heavy atom. The maximum absolute atomic E-state index is 13.1. The Labute approximate surface area is 188 Å². The summed E-state index contributed by atoms with van der Waals surface area (Å²) in [7, 11) is 2.95. The molecule has 2 N–H and O–H groups in total. The molecular weight excluding hydrogens is 438 g/mol. The van der Waals surface area contributed by atoms with E-state index in [1.165, 1.54) is 20.3 Å². The van der Waals surface area contributed by atoms with Gasteiger partial charge in [-0.15, -0.1) is 11.3 Å². The molecule has 0 radical (unpaired) electrons. The van der Waals surface area contributed by atoms with E-state index in [0.29, 0.717) is 17.1 Å². The van der Waals surface area contributed by atoms with Crippen molar-refractivity contribution in [1.29, 1.82) is 0 Å². The zero-order chi connectivity index (χ0) is 23.5. The summed E-state index contributed by atoms with van der Waals surface area (Å²) in [6, 6.07) is 5.68. The number of benzene rings is 1. The van der Waals surface area contributed by atoms with Crippen LogP contribution in [0.2, 0.25) is 0 Å². The largest absolute Gasteiger partial charge is 0.493 e. The van der Waals surface area contributed by atoms with Gasteiger partial charge in [-0.2, -0.15) is 0 Å². The van der Waals surface area contributed by atoms with E-state index >= 15 is 0 Å². The quantitative estimate of drug-likeness (QED) is 0.457. The zero-order valence-corrected chi connectivity index (χ0v) is 18.8. The maximum atomic E-state index is 13.1. The fraction of sp³-hybridized carbons (Fsp3) is 0.333. The molecule has 1 fully saturated rings. The minimum Gasteiger partial charge on any atom is -0.493 e. The van der Waals surface area contributed by atoms with Crippen molar-refractivity contribution in [3.05, 3.63) is 40.8 Å². The van der Waals surface area contributed by atoms with Gasteiger partial charge in [0, 0.05) is 0 Å². The number of carbonyl (C=O) groups is 4. The van der Waals surface area contributed by atoms with Gasteiger partial charge in [-0.1, -0.05) is 6.07 Å². The third kappa shape index (κ3) is 4.24. The summed E-state index contributed by atoms with van der Waals surface area (Å²) < 4.78 is 15.4. The highest BCUT2D eigenvalue weighted by molar-refractivity contribution is 7.14. The van der Waals surface area contributed by atoms with Crippen molar-refractivity contribution in [3.63, 3.8) is 0 Å². The summed E-state index contributed by atoms with van der Waals surface area (Å²) >= 11 is 1.13. The lowest BCUT2D eigenvalue weighted by atomic mass is 9.91. The molecule has 0 unspecified atom stereocenters. The number of amides is 4. The molecule has 1 atom stereocenters. The maximum Gasteiger partial charge on any atom is 0.341 e. The predicted molar refractivity (Wildman–Crippen MR) is 116 cm³/mol. The number of anilines is 1. The lowest BCUT2D eigenvalue weighted by Gasteiger charge is -2.23. The Morgan fingerprint density at radius 2 is 1.88 bits per heavy atom. The number of thiophene rings is 1. The molecule has 2 heterocycles. The van der Waals surface area contributed by atoms with Crippen molar-refractivity contribution in [3.8, 4) is 11.5 Å². The average molecular weight is 461 g/mol. The number of hydrogen-bond donors (Lipinski definition) is 2. The molecule has 1 saturated heterocycles. The van der Waals surface area contributed by atoms with Gasteiger partial charge in [0.05, 0.1) is 26.4 Å². The lowest BCUT2D eigenvalue weighted by Crippen LogP contribution is -2.42. The van der Waals surface area contributed by atoms with Crippen LogP contribution >= 0.6 is 11.3 Å². The second-order valence-electron chi connectivity index (χ2n) is 6.95. The number of rotatable bonds is 8. The molecule has 3 rings (SSSR count). The van der Waals surface area contributed by atoms with Crippen molar-refractivity contribution in [2.75, 3.05) is 32.7 Å². The fourth-order valence-electron chi connectivity index (χ4n) is 3.27. The Bertz CT molecular complexity index is 1070. The van der Waals surface area contributed by atoms with Gasteiger partial charge in [0.2, 0.25) is 5.91 Å². The number of nitrogens with one attached hydrogen (secondary N) is 2. The first-order valence-corrected chi connectivity index (χ1v) is 10.5. The Hall–Kier alpha value is -3.60. The average Bonchev–Trinajstić information content (AvgIpc) is 3.32.